The first kappa shape index (κ1) is 21.5. The van der Waals surface area contributed by atoms with Crippen LogP contribution in [0.15, 0.2) is 36.4 Å². The number of amides is 2. The smallest absolute Gasteiger partial charge is 0.262 e. The topological polar surface area (TPSA) is 85.9 Å². The molecule has 0 aliphatic carbocycles. The van der Waals surface area contributed by atoms with Gasteiger partial charge in [-0.1, -0.05) is 19.9 Å². The summed E-state index contributed by atoms with van der Waals surface area (Å²) in [7, 11) is 0. The van der Waals surface area contributed by atoms with Gasteiger partial charge in [-0.2, -0.15) is 0 Å². The second kappa shape index (κ2) is 9.52. The molecule has 0 aromatic heterocycles. The first-order valence-electron chi connectivity index (χ1n) is 10.2. The molecule has 160 valence electrons. The Labute approximate surface area is 176 Å². The first-order chi connectivity index (χ1) is 14.4. The number of rotatable bonds is 8. The predicted molar refractivity (Wildman–Crippen MR) is 114 cm³/mol. The maximum Gasteiger partial charge on any atom is 0.262 e. The van der Waals surface area contributed by atoms with Crippen LogP contribution in [0, 0.1) is 5.92 Å². The van der Waals surface area contributed by atoms with Gasteiger partial charge < -0.3 is 24.8 Å². The van der Waals surface area contributed by atoms with Crippen LogP contribution in [0.5, 0.6) is 17.2 Å². The number of nitrogens with one attached hydrogen (secondary N) is 2. The molecule has 2 N–H and O–H groups in total. The third-order valence-electron chi connectivity index (χ3n) is 4.75. The van der Waals surface area contributed by atoms with E-state index in [4.69, 9.17) is 14.2 Å². The van der Waals surface area contributed by atoms with E-state index in [9.17, 15) is 9.59 Å². The lowest BCUT2D eigenvalue weighted by Crippen LogP contribution is -2.32. The largest absolute Gasteiger partial charge is 0.490 e. The number of benzene rings is 2. The van der Waals surface area contributed by atoms with Crippen LogP contribution in [-0.2, 0) is 4.79 Å². The zero-order chi connectivity index (χ0) is 21.7. The zero-order valence-electron chi connectivity index (χ0n) is 17.8. The van der Waals surface area contributed by atoms with Crippen molar-refractivity contribution in [3.63, 3.8) is 0 Å². The number of ether oxygens (including phenoxy) is 3. The molecule has 1 heterocycles. The van der Waals surface area contributed by atoms with Gasteiger partial charge >= 0.3 is 0 Å². The molecular weight excluding hydrogens is 384 g/mol. The molecule has 0 radical (unpaired) electrons. The van der Waals surface area contributed by atoms with Gasteiger partial charge in [0, 0.05) is 5.56 Å². The minimum Gasteiger partial charge on any atom is -0.490 e. The second-order valence-electron chi connectivity index (χ2n) is 7.32. The molecule has 30 heavy (non-hydrogen) atoms. The highest BCUT2D eigenvalue weighted by molar-refractivity contribution is 6.00. The molecule has 2 aromatic rings. The summed E-state index contributed by atoms with van der Waals surface area (Å²) in [5, 5.41) is 5.83. The number of fused-ring (bicyclic) bond motifs is 1. The Morgan fingerprint density at radius 1 is 1.10 bits per heavy atom. The van der Waals surface area contributed by atoms with E-state index in [1.54, 1.807) is 18.2 Å². The summed E-state index contributed by atoms with van der Waals surface area (Å²) >= 11 is 0. The van der Waals surface area contributed by atoms with E-state index >= 15 is 0 Å². The van der Waals surface area contributed by atoms with Crippen molar-refractivity contribution >= 4 is 17.5 Å². The molecule has 1 aliphatic rings. The van der Waals surface area contributed by atoms with Crippen LogP contribution >= 0.6 is 0 Å². The first-order valence-corrected chi connectivity index (χ1v) is 10.2. The molecule has 0 fully saturated rings. The van der Waals surface area contributed by atoms with Gasteiger partial charge in [-0.3, -0.25) is 9.59 Å². The van der Waals surface area contributed by atoms with Crippen molar-refractivity contribution in [1.29, 1.82) is 0 Å². The average molecular weight is 412 g/mol. The monoisotopic (exact) mass is 412 g/mol. The summed E-state index contributed by atoms with van der Waals surface area (Å²) < 4.78 is 16.7. The van der Waals surface area contributed by atoms with E-state index in [2.05, 4.69) is 10.6 Å². The zero-order valence-corrected chi connectivity index (χ0v) is 17.8. The van der Waals surface area contributed by atoms with Crippen LogP contribution in [0.4, 0.5) is 5.69 Å². The van der Waals surface area contributed by atoms with Crippen LogP contribution < -0.4 is 24.8 Å². The lowest BCUT2D eigenvalue weighted by molar-refractivity contribution is -0.118. The Balaban J connectivity index is 1.84. The third-order valence-corrected chi connectivity index (χ3v) is 4.75. The molecule has 7 heteroatoms. The highest BCUT2D eigenvalue weighted by Gasteiger charge is 2.23. The van der Waals surface area contributed by atoms with Crippen molar-refractivity contribution in [3.8, 4) is 17.2 Å². The Morgan fingerprint density at radius 2 is 1.83 bits per heavy atom. The molecule has 1 atom stereocenters. The Hall–Kier alpha value is -3.22. The predicted octanol–water partition coefficient (Wildman–Crippen LogP) is 3.94. The van der Waals surface area contributed by atoms with Crippen molar-refractivity contribution in [2.75, 3.05) is 25.1 Å². The molecule has 0 saturated heterocycles. The Bertz CT molecular complexity index is 926. The highest BCUT2D eigenvalue weighted by atomic mass is 16.5. The van der Waals surface area contributed by atoms with Gasteiger partial charge in [-0.25, -0.2) is 0 Å². The molecule has 1 aliphatic heterocycles. The number of hydrogen-bond donors (Lipinski definition) is 2. The molecule has 1 unspecified atom stereocenters. The van der Waals surface area contributed by atoms with Gasteiger partial charge in [0.1, 0.15) is 5.75 Å². The second-order valence-corrected chi connectivity index (χ2v) is 7.32. The Kier molecular flexibility index (Phi) is 6.82. The number of carbonyl (C=O) groups excluding carboxylic acids is 2. The summed E-state index contributed by atoms with van der Waals surface area (Å²) in [5.41, 5.74) is 1.88. The van der Waals surface area contributed by atoms with Gasteiger partial charge in [-0.05, 0) is 55.7 Å². The van der Waals surface area contributed by atoms with E-state index in [1.807, 2.05) is 45.9 Å². The fraction of sp³-hybridized carbons (Fsp3) is 0.391. The van der Waals surface area contributed by atoms with Gasteiger partial charge in [0.2, 0.25) is 0 Å². The maximum atomic E-state index is 13.0. The van der Waals surface area contributed by atoms with E-state index < -0.39 is 0 Å². The summed E-state index contributed by atoms with van der Waals surface area (Å²) in [6.07, 6.45) is 0. The van der Waals surface area contributed by atoms with Gasteiger partial charge in [0.05, 0.1) is 24.9 Å². The van der Waals surface area contributed by atoms with Crippen LogP contribution in [0.25, 0.3) is 0 Å². The minimum absolute atomic E-state index is 0.0200. The van der Waals surface area contributed by atoms with E-state index in [1.165, 1.54) is 0 Å². The van der Waals surface area contributed by atoms with Crippen molar-refractivity contribution in [2.45, 2.75) is 33.7 Å². The summed E-state index contributed by atoms with van der Waals surface area (Å²) in [6, 6.07) is 10.5. The number of anilines is 1. The molecule has 7 nitrogen and oxygen atoms in total. The number of hydrogen-bond acceptors (Lipinski definition) is 5. The minimum atomic E-state index is -0.238. The molecular formula is C23H28N2O5. The average Bonchev–Trinajstić information content (AvgIpc) is 2.72. The molecule has 0 bridgehead atoms. The van der Waals surface area contributed by atoms with Crippen LogP contribution in [0.2, 0.25) is 0 Å². The van der Waals surface area contributed by atoms with E-state index in [0.29, 0.717) is 41.7 Å². The van der Waals surface area contributed by atoms with E-state index in [0.717, 1.165) is 5.56 Å². The SMILES string of the molecule is CCOc1ccc(C(NC(=O)c2ccc3c(c2)NC(=O)CO3)C(C)C)cc1OCC. The quantitative estimate of drug-likeness (QED) is 0.686. The van der Waals surface area contributed by atoms with Crippen molar-refractivity contribution < 1.29 is 23.8 Å². The van der Waals surface area contributed by atoms with Gasteiger partial charge in [0.15, 0.2) is 18.1 Å². The van der Waals surface area contributed by atoms with E-state index in [-0.39, 0.29) is 30.4 Å². The molecule has 2 amide bonds. The fourth-order valence-electron chi connectivity index (χ4n) is 3.34. The Morgan fingerprint density at radius 3 is 2.53 bits per heavy atom. The fourth-order valence-corrected chi connectivity index (χ4v) is 3.34. The van der Waals surface area contributed by atoms with Crippen molar-refractivity contribution in [1.82, 2.24) is 5.32 Å². The molecule has 0 saturated carbocycles. The standard InChI is InChI=1S/C23H28N2O5/c1-5-28-19-10-7-15(12-20(19)29-6-2)22(14(3)4)25-23(27)16-8-9-18-17(11-16)24-21(26)13-30-18/h7-12,14,22H,5-6,13H2,1-4H3,(H,24,26)(H,25,27). The number of carbonyl (C=O) groups is 2. The normalized spacial score (nSPS) is 13.7. The third kappa shape index (κ3) is 4.84. The van der Waals surface area contributed by atoms with Gasteiger partial charge in [-0.15, -0.1) is 0 Å². The summed E-state index contributed by atoms with van der Waals surface area (Å²) in [5.74, 6) is 1.57. The van der Waals surface area contributed by atoms with Gasteiger partial charge in [0.25, 0.3) is 11.8 Å². The van der Waals surface area contributed by atoms with Crippen molar-refractivity contribution in [2.24, 2.45) is 5.92 Å². The summed E-state index contributed by atoms with van der Waals surface area (Å²) in [6.45, 7) is 8.97. The maximum absolute atomic E-state index is 13.0. The highest BCUT2D eigenvalue weighted by Crippen LogP contribution is 2.33. The van der Waals surface area contributed by atoms with Crippen LogP contribution in [-0.4, -0.2) is 31.6 Å². The van der Waals surface area contributed by atoms with Crippen LogP contribution in [0.1, 0.15) is 49.7 Å². The molecule has 0 spiro atoms. The molecule has 2 aromatic carbocycles. The lowest BCUT2D eigenvalue weighted by Gasteiger charge is -2.25. The lowest BCUT2D eigenvalue weighted by atomic mass is 9.95. The van der Waals surface area contributed by atoms with Crippen LogP contribution in [0.3, 0.4) is 0 Å². The summed E-state index contributed by atoms with van der Waals surface area (Å²) in [4.78, 5) is 24.5. The van der Waals surface area contributed by atoms with Crippen molar-refractivity contribution in [3.05, 3.63) is 47.5 Å². The molecule has 3 rings (SSSR count).